The number of aromatic nitrogens is 1. The number of fused-ring (bicyclic) bond motifs is 3. The van der Waals surface area contributed by atoms with Crippen LogP contribution in [0, 0.1) is 5.82 Å². The summed E-state index contributed by atoms with van der Waals surface area (Å²) in [6.07, 6.45) is 3.34. The van der Waals surface area contributed by atoms with E-state index in [1.165, 1.54) is 30.2 Å². The minimum atomic E-state index is -0.342. The Balaban J connectivity index is 2.08. The van der Waals surface area contributed by atoms with Crippen LogP contribution in [-0.2, 0) is 13.0 Å². The molecule has 0 saturated heterocycles. The highest BCUT2D eigenvalue weighted by molar-refractivity contribution is 5.91. The minimum Gasteiger partial charge on any atom is -0.506 e. The fourth-order valence-electron chi connectivity index (χ4n) is 3.38. The van der Waals surface area contributed by atoms with Crippen LogP contribution >= 0.6 is 0 Å². The molecule has 2 aliphatic rings. The van der Waals surface area contributed by atoms with Crippen molar-refractivity contribution in [3.63, 3.8) is 0 Å². The number of hydrogen-bond acceptors (Lipinski definition) is 2. The predicted molar refractivity (Wildman–Crippen MR) is 72.1 cm³/mol. The summed E-state index contributed by atoms with van der Waals surface area (Å²) in [5.74, 6) is 0.300. The Bertz CT molecular complexity index is 658. The van der Waals surface area contributed by atoms with E-state index >= 15 is 0 Å². The average molecular weight is 260 g/mol. The fourth-order valence-corrected chi connectivity index (χ4v) is 3.38. The topological polar surface area (TPSA) is 37.2 Å². The zero-order valence-corrected chi connectivity index (χ0v) is 10.7. The highest BCUT2D eigenvalue weighted by Gasteiger charge is 2.32. The van der Waals surface area contributed by atoms with Crippen LogP contribution in [0.3, 0.4) is 0 Å². The first-order valence-electron chi connectivity index (χ1n) is 7.00. The molecule has 0 atom stereocenters. The van der Waals surface area contributed by atoms with E-state index in [9.17, 15) is 9.50 Å². The second kappa shape index (κ2) is 3.97. The minimum absolute atomic E-state index is 0.0741. The molecule has 1 aliphatic carbocycles. The molecule has 1 aromatic carbocycles. The van der Waals surface area contributed by atoms with Gasteiger partial charge in [-0.15, -0.1) is 0 Å². The number of nitrogens with one attached hydrogen (secondary N) is 1. The van der Waals surface area contributed by atoms with Gasteiger partial charge in [-0.1, -0.05) is 0 Å². The van der Waals surface area contributed by atoms with Crippen LogP contribution in [0.5, 0.6) is 5.75 Å². The molecule has 0 unspecified atom stereocenters. The lowest BCUT2D eigenvalue weighted by Gasteiger charge is -2.07. The smallest absolute Gasteiger partial charge is 0.142 e. The maximum Gasteiger partial charge on any atom is 0.142 e. The van der Waals surface area contributed by atoms with Gasteiger partial charge in [0.2, 0.25) is 0 Å². The van der Waals surface area contributed by atoms with Gasteiger partial charge in [0.25, 0.3) is 0 Å². The lowest BCUT2D eigenvalue weighted by molar-refractivity contribution is 0.471. The van der Waals surface area contributed by atoms with E-state index in [1.54, 1.807) is 6.07 Å². The first-order chi connectivity index (χ1) is 9.25. The first kappa shape index (κ1) is 11.3. The van der Waals surface area contributed by atoms with Crippen LogP contribution in [0.15, 0.2) is 12.1 Å². The van der Waals surface area contributed by atoms with Gasteiger partial charge in [0.1, 0.15) is 11.6 Å². The predicted octanol–water partition coefficient (Wildman–Crippen LogP) is 2.51. The lowest BCUT2D eigenvalue weighted by Crippen LogP contribution is -2.17. The van der Waals surface area contributed by atoms with Gasteiger partial charge in [-0.3, -0.25) is 0 Å². The van der Waals surface area contributed by atoms with E-state index in [0.717, 1.165) is 37.0 Å². The molecule has 2 heterocycles. The van der Waals surface area contributed by atoms with Crippen LogP contribution in [0.25, 0.3) is 10.9 Å². The number of nitrogens with zero attached hydrogens (tertiary/aromatic N) is 1. The highest BCUT2D eigenvalue weighted by Crippen LogP contribution is 2.48. The molecule has 0 radical (unpaired) electrons. The van der Waals surface area contributed by atoms with Gasteiger partial charge in [-0.05, 0) is 30.4 Å². The summed E-state index contributed by atoms with van der Waals surface area (Å²) in [5, 5.41) is 14.4. The monoisotopic (exact) mass is 260 g/mol. The molecule has 4 heteroatoms. The number of benzene rings is 1. The molecule has 19 heavy (non-hydrogen) atoms. The summed E-state index contributed by atoms with van der Waals surface area (Å²) in [6, 6.07) is 2.82. The number of phenols is 1. The summed E-state index contributed by atoms with van der Waals surface area (Å²) in [5.41, 5.74) is 3.40. The largest absolute Gasteiger partial charge is 0.506 e. The van der Waals surface area contributed by atoms with Crippen molar-refractivity contribution in [2.75, 3.05) is 13.1 Å². The Morgan fingerprint density at radius 2 is 2.11 bits per heavy atom. The maximum atomic E-state index is 13.6. The Hall–Kier alpha value is -1.55. The molecule has 1 saturated carbocycles. The summed E-state index contributed by atoms with van der Waals surface area (Å²) in [6.45, 7) is 2.70. The maximum absolute atomic E-state index is 13.6. The van der Waals surface area contributed by atoms with Gasteiger partial charge < -0.3 is 15.0 Å². The molecular formula is C15H17FN2O. The first-order valence-corrected chi connectivity index (χ1v) is 7.00. The molecule has 100 valence electrons. The molecule has 3 nitrogen and oxygen atoms in total. The molecule has 0 amide bonds. The Labute approximate surface area is 111 Å². The standard InChI is InChI=1S/C15H17FN2O/c16-10-7-11-14(9-1-2-9)12-3-4-17-5-6-18(12)15(11)13(19)8-10/h7-9,17,19H,1-6H2. The van der Waals surface area contributed by atoms with Crippen LogP contribution < -0.4 is 5.32 Å². The molecule has 1 fully saturated rings. The highest BCUT2D eigenvalue weighted by atomic mass is 19.1. The Morgan fingerprint density at radius 1 is 1.26 bits per heavy atom. The Morgan fingerprint density at radius 3 is 2.89 bits per heavy atom. The lowest BCUT2D eigenvalue weighted by atomic mass is 10.0. The van der Waals surface area contributed by atoms with Crippen molar-refractivity contribution >= 4 is 10.9 Å². The number of aromatic hydroxyl groups is 1. The SMILES string of the molecule is Oc1cc(F)cc2c(C3CC3)c3n(c12)CCNCC3. The van der Waals surface area contributed by atoms with Crippen molar-refractivity contribution in [2.24, 2.45) is 0 Å². The van der Waals surface area contributed by atoms with Gasteiger partial charge in [0, 0.05) is 43.2 Å². The quantitative estimate of drug-likeness (QED) is 0.826. The van der Waals surface area contributed by atoms with Crippen molar-refractivity contribution in [2.45, 2.75) is 31.7 Å². The molecule has 2 N–H and O–H groups in total. The molecule has 2 aromatic rings. The number of halogens is 1. The molecule has 4 rings (SSSR count). The van der Waals surface area contributed by atoms with Gasteiger partial charge in [-0.2, -0.15) is 0 Å². The molecular weight excluding hydrogens is 243 g/mol. The van der Waals surface area contributed by atoms with E-state index in [0.29, 0.717) is 5.92 Å². The second-order valence-electron chi connectivity index (χ2n) is 5.61. The number of rotatable bonds is 1. The second-order valence-corrected chi connectivity index (χ2v) is 5.61. The van der Waals surface area contributed by atoms with Crippen LogP contribution in [0.4, 0.5) is 4.39 Å². The summed E-state index contributed by atoms with van der Waals surface area (Å²) in [4.78, 5) is 0. The molecule has 1 aliphatic heterocycles. The zero-order valence-electron chi connectivity index (χ0n) is 10.7. The van der Waals surface area contributed by atoms with Crippen molar-refractivity contribution in [3.8, 4) is 5.75 Å². The van der Waals surface area contributed by atoms with Crippen molar-refractivity contribution in [3.05, 3.63) is 29.2 Å². The van der Waals surface area contributed by atoms with Crippen LogP contribution in [0.1, 0.15) is 30.0 Å². The van der Waals surface area contributed by atoms with Crippen molar-refractivity contribution in [1.82, 2.24) is 9.88 Å². The summed E-state index contributed by atoms with van der Waals surface area (Å²) < 4.78 is 15.8. The number of hydrogen-bond donors (Lipinski definition) is 2. The molecule has 0 bridgehead atoms. The summed E-state index contributed by atoms with van der Waals surface area (Å²) in [7, 11) is 0. The normalized spacial score (nSPS) is 19.4. The van der Waals surface area contributed by atoms with Gasteiger partial charge in [0.05, 0.1) is 5.52 Å². The third-order valence-electron chi connectivity index (χ3n) is 4.29. The zero-order chi connectivity index (χ0) is 13.0. The van der Waals surface area contributed by atoms with Crippen LogP contribution in [0.2, 0.25) is 0 Å². The van der Waals surface area contributed by atoms with Crippen molar-refractivity contribution < 1.29 is 9.50 Å². The third-order valence-corrected chi connectivity index (χ3v) is 4.29. The van der Waals surface area contributed by atoms with Gasteiger partial charge in [0.15, 0.2) is 0 Å². The Kier molecular flexibility index (Phi) is 2.36. The average Bonchev–Trinajstić information content (AvgIpc) is 3.16. The third kappa shape index (κ3) is 1.66. The van der Waals surface area contributed by atoms with E-state index in [1.807, 2.05) is 0 Å². The van der Waals surface area contributed by atoms with Crippen LogP contribution in [-0.4, -0.2) is 22.8 Å². The van der Waals surface area contributed by atoms with Crippen molar-refractivity contribution in [1.29, 1.82) is 0 Å². The van der Waals surface area contributed by atoms with E-state index in [4.69, 9.17) is 0 Å². The van der Waals surface area contributed by atoms with Gasteiger partial charge in [-0.25, -0.2) is 4.39 Å². The van der Waals surface area contributed by atoms with E-state index in [-0.39, 0.29) is 11.6 Å². The molecule has 0 spiro atoms. The van der Waals surface area contributed by atoms with Gasteiger partial charge >= 0.3 is 0 Å². The summed E-state index contributed by atoms with van der Waals surface area (Å²) >= 11 is 0. The van der Waals surface area contributed by atoms with E-state index in [2.05, 4.69) is 9.88 Å². The molecule has 1 aromatic heterocycles. The fraction of sp³-hybridized carbons (Fsp3) is 0.467. The van der Waals surface area contributed by atoms with E-state index < -0.39 is 0 Å². The number of phenolic OH excluding ortho intramolecular Hbond substituents is 1.